The van der Waals surface area contributed by atoms with Gasteiger partial charge in [0.2, 0.25) is 0 Å². The summed E-state index contributed by atoms with van der Waals surface area (Å²) >= 11 is 0. The first-order valence-corrected chi connectivity index (χ1v) is 10.5. The lowest BCUT2D eigenvalue weighted by Gasteiger charge is -2.27. The number of sulfone groups is 1. The zero-order valence-corrected chi connectivity index (χ0v) is 17.4. The number of hydrogen-bond acceptors (Lipinski definition) is 6. The van der Waals surface area contributed by atoms with Crippen LogP contribution < -0.4 is 9.47 Å². The number of esters is 1. The highest BCUT2D eigenvalue weighted by atomic mass is 32.2. The van der Waals surface area contributed by atoms with Crippen molar-refractivity contribution >= 4 is 15.8 Å². The number of methoxy groups -OCH3 is 1. The normalized spacial score (nSPS) is 13.4. The van der Waals surface area contributed by atoms with E-state index in [4.69, 9.17) is 14.2 Å². The highest BCUT2D eigenvalue weighted by Gasteiger charge is 2.48. The Morgan fingerprint density at radius 2 is 1.50 bits per heavy atom. The SMILES string of the molecule is CCOC(=O)C(C)(Cc1ccc(OCC)cc1)S(=O)(=O)c1ccc(OC)cc1. The van der Waals surface area contributed by atoms with E-state index in [1.165, 1.54) is 26.2 Å². The van der Waals surface area contributed by atoms with Gasteiger partial charge in [0.15, 0.2) is 14.6 Å². The van der Waals surface area contributed by atoms with Crippen molar-refractivity contribution in [2.45, 2.75) is 36.8 Å². The van der Waals surface area contributed by atoms with Crippen LogP contribution in [-0.4, -0.2) is 39.5 Å². The minimum absolute atomic E-state index is 0.0212. The molecule has 7 heteroatoms. The predicted molar refractivity (Wildman–Crippen MR) is 107 cm³/mol. The molecule has 1 unspecified atom stereocenters. The predicted octanol–water partition coefficient (Wildman–Crippen LogP) is 3.43. The molecule has 0 bridgehead atoms. The van der Waals surface area contributed by atoms with E-state index in [9.17, 15) is 13.2 Å². The molecule has 2 aromatic carbocycles. The van der Waals surface area contributed by atoms with Gasteiger partial charge in [-0.1, -0.05) is 12.1 Å². The van der Waals surface area contributed by atoms with Crippen LogP contribution in [0.4, 0.5) is 0 Å². The number of carbonyl (C=O) groups excluding carboxylic acids is 1. The van der Waals surface area contributed by atoms with E-state index in [-0.39, 0.29) is 17.9 Å². The van der Waals surface area contributed by atoms with Gasteiger partial charge in [0.25, 0.3) is 0 Å². The van der Waals surface area contributed by atoms with Gasteiger partial charge in [0.05, 0.1) is 25.2 Å². The van der Waals surface area contributed by atoms with Crippen molar-refractivity contribution in [2.24, 2.45) is 0 Å². The number of rotatable bonds is 9. The third kappa shape index (κ3) is 4.47. The molecule has 0 aromatic heterocycles. The summed E-state index contributed by atoms with van der Waals surface area (Å²) in [6.45, 7) is 5.56. The van der Waals surface area contributed by atoms with Gasteiger partial charge in [0, 0.05) is 6.42 Å². The minimum Gasteiger partial charge on any atom is -0.497 e. The summed E-state index contributed by atoms with van der Waals surface area (Å²) in [6.07, 6.45) is -0.0212. The van der Waals surface area contributed by atoms with Crippen LogP contribution in [0, 0.1) is 0 Å². The third-order valence-corrected chi connectivity index (χ3v) is 6.84. The van der Waals surface area contributed by atoms with Gasteiger partial charge in [-0.2, -0.15) is 0 Å². The van der Waals surface area contributed by atoms with Gasteiger partial charge in [-0.3, -0.25) is 4.79 Å². The lowest BCUT2D eigenvalue weighted by atomic mass is 10.00. The van der Waals surface area contributed by atoms with Crippen molar-refractivity contribution in [2.75, 3.05) is 20.3 Å². The lowest BCUT2D eigenvalue weighted by Crippen LogP contribution is -2.46. The molecule has 0 N–H and O–H groups in total. The largest absolute Gasteiger partial charge is 0.497 e. The summed E-state index contributed by atoms with van der Waals surface area (Å²) in [5.41, 5.74) is 0.691. The van der Waals surface area contributed by atoms with Gasteiger partial charge >= 0.3 is 5.97 Å². The van der Waals surface area contributed by atoms with Crippen molar-refractivity contribution in [1.29, 1.82) is 0 Å². The topological polar surface area (TPSA) is 78.9 Å². The van der Waals surface area contributed by atoms with E-state index < -0.39 is 20.6 Å². The summed E-state index contributed by atoms with van der Waals surface area (Å²) in [4.78, 5) is 12.8. The zero-order valence-electron chi connectivity index (χ0n) is 16.6. The first-order valence-electron chi connectivity index (χ1n) is 9.06. The molecule has 0 aliphatic heterocycles. The van der Waals surface area contributed by atoms with E-state index in [1.807, 2.05) is 6.92 Å². The van der Waals surface area contributed by atoms with Crippen LogP contribution in [0.5, 0.6) is 11.5 Å². The summed E-state index contributed by atoms with van der Waals surface area (Å²) in [5, 5.41) is 0. The fourth-order valence-electron chi connectivity index (χ4n) is 2.84. The molecule has 152 valence electrons. The van der Waals surface area contributed by atoms with Crippen molar-refractivity contribution in [3.63, 3.8) is 0 Å². The standard InChI is InChI=1S/C21H26O6S/c1-5-26-18-9-7-16(8-10-18)15-21(3,20(22)27-6-2)28(23,24)19-13-11-17(25-4)12-14-19/h7-14H,5-6,15H2,1-4H3. The van der Waals surface area contributed by atoms with Crippen LogP contribution >= 0.6 is 0 Å². The molecule has 0 amide bonds. The van der Waals surface area contributed by atoms with E-state index in [2.05, 4.69) is 0 Å². The minimum atomic E-state index is -4.03. The highest BCUT2D eigenvalue weighted by Crippen LogP contribution is 2.32. The first kappa shape index (κ1) is 21.8. The molecule has 1 atom stereocenters. The number of ether oxygens (including phenoxy) is 3. The molecule has 0 aliphatic carbocycles. The molecular formula is C21H26O6S. The quantitative estimate of drug-likeness (QED) is 0.594. The smallest absolute Gasteiger partial charge is 0.327 e. The maximum atomic E-state index is 13.4. The third-order valence-electron chi connectivity index (χ3n) is 4.45. The summed E-state index contributed by atoms with van der Waals surface area (Å²) in [5.74, 6) is 0.435. The van der Waals surface area contributed by atoms with Crippen molar-refractivity contribution in [3.05, 3.63) is 54.1 Å². The van der Waals surface area contributed by atoms with Crippen LogP contribution in [0.3, 0.4) is 0 Å². The second-order valence-electron chi connectivity index (χ2n) is 6.38. The molecule has 0 heterocycles. The molecule has 0 radical (unpaired) electrons. The van der Waals surface area contributed by atoms with Gasteiger partial charge in [-0.05, 0) is 62.7 Å². The van der Waals surface area contributed by atoms with Crippen LogP contribution in [0.25, 0.3) is 0 Å². The van der Waals surface area contributed by atoms with Gasteiger partial charge < -0.3 is 14.2 Å². The Morgan fingerprint density at radius 1 is 0.929 bits per heavy atom. The van der Waals surface area contributed by atoms with E-state index >= 15 is 0 Å². The van der Waals surface area contributed by atoms with Crippen molar-refractivity contribution in [1.82, 2.24) is 0 Å². The van der Waals surface area contributed by atoms with Gasteiger partial charge in [-0.25, -0.2) is 8.42 Å². The second-order valence-corrected chi connectivity index (χ2v) is 8.76. The lowest BCUT2D eigenvalue weighted by molar-refractivity contribution is -0.145. The van der Waals surface area contributed by atoms with E-state index in [0.717, 1.165) is 0 Å². The van der Waals surface area contributed by atoms with Crippen LogP contribution in [0.1, 0.15) is 26.3 Å². The van der Waals surface area contributed by atoms with Crippen LogP contribution in [-0.2, 0) is 25.8 Å². The molecule has 0 saturated carbocycles. The van der Waals surface area contributed by atoms with E-state index in [1.54, 1.807) is 43.3 Å². The summed E-state index contributed by atoms with van der Waals surface area (Å²) < 4.78 is 40.6. The summed E-state index contributed by atoms with van der Waals surface area (Å²) in [6, 6.07) is 13.0. The molecule has 2 rings (SSSR count). The molecule has 6 nitrogen and oxygen atoms in total. The molecular weight excluding hydrogens is 380 g/mol. The monoisotopic (exact) mass is 406 g/mol. The Hall–Kier alpha value is -2.54. The van der Waals surface area contributed by atoms with Gasteiger partial charge in [0.1, 0.15) is 11.5 Å². The molecule has 2 aromatic rings. The Bertz CT molecular complexity index is 887. The average molecular weight is 407 g/mol. The average Bonchev–Trinajstić information content (AvgIpc) is 2.69. The number of hydrogen-bond donors (Lipinski definition) is 0. The Labute approximate surface area is 166 Å². The fourth-order valence-corrected chi connectivity index (χ4v) is 4.48. The molecule has 0 spiro atoms. The molecule has 0 aliphatic rings. The van der Waals surface area contributed by atoms with Gasteiger partial charge in [-0.15, -0.1) is 0 Å². The zero-order chi connectivity index (χ0) is 20.8. The second kappa shape index (κ2) is 9.10. The summed E-state index contributed by atoms with van der Waals surface area (Å²) in [7, 11) is -2.53. The number of carbonyl (C=O) groups is 1. The van der Waals surface area contributed by atoms with Crippen LogP contribution in [0.15, 0.2) is 53.4 Å². The Morgan fingerprint density at radius 3 is 2.00 bits per heavy atom. The molecule has 28 heavy (non-hydrogen) atoms. The fraction of sp³-hybridized carbons (Fsp3) is 0.381. The van der Waals surface area contributed by atoms with Crippen LogP contribution in [0.2, 0.25) is 0 Å². The first-order chi connectivity index (χ1) is 13.3. The maximum absolute atomic E-state index is 13.4. The van der Waals surface area contributed by atoms with Crippen molar-refractivity contribution in [3.8, 4) is 11.5 Å². The molecule has 0 fully saturated rings. The number of benzene rings is 2. The maximum Gasteiger partial charge on any atom is 0.327 e. The highest BCUT2D eigenvalue weighted by molar-refractivity contribution is 7.93. The Kier molecular flexibility index (Phi) is 7.07. The van der Waals surface area contributed by atoms with E-state index in [0.29, 0.717) is 23.7 Å². The molecule has 0 saturated heterocycles. The van der Waals surface area contributed by atoms with Crippen molar-refractivity contribution < 1.29 is 27.4 Å². The Balaban J connectivity index is 2.44.